The average Bonchev–Trinajstić information content (AvgIpc) is 2.33. The molecule has 1 aromatic carbocycles. The van der Waals surface area contributed by atoms with Gasteiger partial charge in [0.25, 0.3) is 0 Å². The summed E-state index contributed by atoms with van der Waals surface area (Å²) < 4.78 is 19.4. The van der Waals surface area contributed by atoms with Gasteiger partial charge in [0, 0.05) is 6.07 Å². The van der Waals surface area contributed by atoms with Crippen LogP contribution >= 0.6 is 0 Å². The van der Waals surface area contributed by atoms with Gasteiger partial charge in [0.2, 0.25) is 5.82 Å². The molecule has 0 atom stereocenters. The predicted octanol–water partition coefficient (Wildman–Crippen LogP) is 4.77. The van der Waals surface area contributed by atoms with Crippen LogP contribution in [0, 0.1) is 15.9 Å². The van der Waals surface area contributed by atoms with Crippen molar-refractivity contribution in [3.8, 4) is 0 Å². The number of nitrogens with zero attached hydrogens (tertiary/aromatic N) is 1. The summed E-state index contributed by atoms with van der Waals surface area (Å²) in [7, 11) is -1.79. The molecule has 6 heteroatoms. The minimum absolute atomic E-state index is 0.139. The summed E-state index contributed by atoms with van der Waals surface area (Å²) >= 11 is 0. The zero-order chi connectivity index (χ0) is 16.3. The standard InChI is InChI=1S/C15H22FNO3Si/c1-15(2,3)21(4,5)20-10-6-7-12-8-9-14(17(18)19)13(16)11-12/h6-9,11H,10H2,1-5H3/b7-6+. The monoisotopic (exact) mass is 311 g/mol. The molecule has 0 aliphatic heterocycles. The molecule has 0 heterocycles. The maximum absolute atomic E-state index is 13.5. The fourth-order valence-electron chi connectivity index (χ4n) is 1.43. The Morgan fingerprint density at radius 3 is 2.48 bits per heavy atom. The van der Waals surface area contributed by atoms with Crippen LogP contribution in [0.2, 0.25) is 18.1 Å². The lowest BCUT2D eigenvalue weighted by Crippen LogP contribution is -2.40. The van der Waals surface area contributed by atoms with Crippen molar-refractivity contribution in [1.29, 1.82) is 0 Å². The second kappa shape index (κ2) is 6.49. The van der Waals surface area contributed by atoms with E-state index in [9.17, 15) is 14.5 Å². The first-order valence-corrected chi connectivity index (χ1v) is 9.70. The van der Waals surface area contributed by atoms with Crippen LogP contribution in [-0.4, -0.2) is 19.8 Å². The Kier molecular flexibility index (Phi) is 5.41. The topological polar surface area (TPSA) is 52.4 Å². The van der Waals surface area contributed by atoms with E-state index in [-0.39, 0.29) is 5.04 Å². The Morgan fingerprint density at radius 1 is 1.38 bits per heavy atom. The summed E-state index contributed by atoms with van der Waals surface area (Å²) in [5, 5.41) is 10.7. The van der Waals surface area contributed by atoms with Gasteiger partial charge in [-0.05, 0) is 35.8 Å². The second-order valence-electron chi connectivity index (χ2n) is 6.44. The van der Waals surface area contributed by atoms with Gasteiger partial charge >= 0.3 is 5.69 Å². The summed E-state index contributed by atoms with van der Waals surface area (Å²) in [6.07, 6.45) is 3.51. The van der Waals surface area contributed by atoms with Crippen molar-refractivity contribution in [2.75, 3.05) is 6.61 Å². The smallest absolute Gasteiger partial charge is 0.304 e. The minimum atomic E-state index is -1.79. The van der Waals surface area contributed by atoms with Crippen molar-refractivity contribution in [1.82, 2.24) is 0 Å². The third-order valence-corrected chi connectivity index (χ3v) is 8.33. The van der Waals surface area contributed by atoms with Gasteiger partial charge in [-0.15, -0.1) is 0 Å². The highest BCUT2D eigenvalue weighted by Crippen LogP contribution is 2.36. The van der Waals surface area contributed by atoms with Crippen LogP contribution in [0.25, 0.3) is 6.08 Å². The Morgan fingerprint density at radius 2 is 2.00 bits per heavy atom. The zero-order valence-electron chi connectivity index (χ0n) is 13.1. The molecule has 0 fully saturated rings. The van der Waals surface area contributed by atoms with Crippen LogP contribution < -0.4 is 0 Å². The van der Waals surface area contributed by atoms with Crippen LogP contribution in [0.15, 0.2) is 24.3 Å². The van der Waals surface area contributed by atoms with Gasteiger partial charge in [0.05, 0.1) is 11.5 Å². The van der Waals surface area contributed by atoms with Gasteiger partial charge in [-0.1, -0.05) is 32.9 Å². The molecule has 1 rings (SSSR count). The van der Waals surface area contributed by atoms with Crippen LogP contribution in [0.1, 0.15) is 26.3 Å². The maximum atomic E-state index is 13.5. The van der Waals surface area contributed by atoms with Crippen molar-refractivity contribution < 1.29 is 13.7 Å². The number of benzene rings is 1. The summed E-state index contributed by atoms with van der Waals surface area (Å²) in [6.45, 7) is 11.3. The van der Waals surface area contributed by atoms with Gasteiger partial charge in [-0.2, -0.15) is 4.39 Å². The van der Waals surface area contributed by atoms with E-state index >= 15 is 0 Å². The lowest BCUT2D eigenvalue weighted by Gasteiger charge is -2.35. The van der Waals surface area contributed by atoms with Gasteiger partial charge in [0.15, 0.2) is 8.32 Å². The molecule has 0 bridgehead atoms. The van der Waals surface area contributed by atoms with Crippen LogP contribution in [0.5, 0.6) is 0 Å². The average molecular weight is 311 g/mol. The quantitative estimate of drug-likeness (QED) is 0.447. The van der Waals surface area contributed by atoms with Gasteiger partial charge in [0.1, 0.15) is 0 Å². The van der Waals surface area contributed by atoms with E-state index < -0.39 is 24.7 Å². The van der Waals surface area contributed by atoms with E-state index in [1.807, 2.05) is 0 Å². The van der Waals surface area contributed by atoms with Gasteiger partial charge in [-0.25, -0.2) is 0 Å². The van der Waals surface area contributed by atoms with E-state index in [2.05, 4.69) is 33.9 Å². The zero-order valence-corrected chi connectivity index (χ0v) is 14.1. The molecule has 0 N–H and O–H groups in total. The number of nitro groups is 1. The number of rotatable bonds is 5. The summed E-state index contributed by atoms with van der Waals surface area (Å²) in [4.78, 5) is 9.80. The largest absolute Gasteiger partial charge is 0.413 e. The fraction of sp³-hybridized carbons (Fsp3) is 0.467. The van der Waals surface area contributed by atoms with Crippen molar-refractivity contribution in [3.63, 3.8) is 0 Å². The van der Waals surface area contributed by atoms with Gasteiger partial charge in [-0.3, -0.25) is 10.1 Å². The summed E-state index contributed by atoms with van der Waals surface area (Å²) in [6, 6.07) is 3.84. The van der Waals surface area contributed by atoms with E-state index in [4.69, 9.17) is 4.43 Å². The van der Waals surface area contributed by atoms with Crippen molar-refractivity contribution in [3.05, 3.63) is 45.8 Å². The molecule has 0 aromatic heterocycles. The lowest BCUT2D eigenvalue weighted by molar-refractivity contribution is -0.387. The Balaban J connectivity index is 2.67. The Bertz CT molecular complexity index is 550. The Labute approximate surface area is 125 Å². The first-order valence-electron chi connectivity index (χ1n) is 6.79. The van der Waals surface area contributed by atoms with Crippen molar-refractivity contribution in [2.24, 2.45) is 0 Å². The predicted molar refractivity (Wildman–Crippen MR) is 85.2 cm³/mol. The number of halogens is 1. The molecule has 0 spiro atoms. The molecule has 0 radical (unpaired) electrons. The summed E-state index contributed by atoms with van der Waals surface area (Å²) in [5.74, 6) is -0.826. The molecule has 0 aliphatic rings. The molecular formula is C15H22FNO3Si. The molecule has 4 nitrogen and oxygen atoms in total. The molecule has 0 saturated carbocycles. The Hall–Kier alpha value is -1.53. The molecule has 0 unspecified atom stereocenters. The van der Waals surface area contributed by atoms with E-state index in [0.29, 0.717) is 12.2 Å². The third kappa shape index (κ3) is 4.75. The molecule has 1 aromatic rings. The van der Waals surface area contributed by atoms with Crippen LogP contribution in [-0.2, 0) is 4.43 Å². The first-order chi connectivity index (χ1) is 9.54. The molecule has 0 saturated heterocycles. The molecular weight excluding hydrogens is 289 g/mol. The normalized spacial score (nSPS) is 12.9. The third-order valence-electron chi connectivity index (χ3n) is 3.83. The number of nitro benzene ring substituents is 1. The second-order valence-corrected chi connectivity index (χ2v) is 11.3. The highest BCUT2D eigenvalue weighted by Gasteiger charge is 2.36. The minimum Gasteiger partial charge on any atom is -0.413 e. The van der Waals surface area contributed by atoms with E-state index in [1.165, 1.54) is 12.1 Å². The molecule has 0 amide bonds. The first kappa shape index (κ1) is 17.5. The highest BCUT2D eigenvalue weighted by molar-refractivity contribution is 6.74. The molecule has 21 heavy (non-hydrogen) atoms. The van der Waals surface area contributed by atoms with Crippen molar-refractivity contribution in [2.45, 2.75) is 38.9 Å². The number of hydrogen-bond acceptors (Lipinski definition) is 3. The SMILES string of the molecule is CC(C)(C)[Si](C)(C)OC/C=C/c1ccc([N+](=O)[O-])c(F)c1. The van der Waals surface area contributed by atoms with Crippen molar-refractivity contribution >= 4 is 20.1 Å². The highest BCUT2D eigenvalue weighted by atomic mass is 28.4. The number of hydrogen-bond donors (Lipinski definition) is 0. The maximum Gasteiger partial charge on any atom is 0.304 e. The molecule has 116 valence electrons. The summed E-state index contributed by atoms with van der Waals surface area (Å²) in [5.41, 5.74) is 0.0709. The van der Waals surface area contributed by atoms with Crippen LogP contribution in [0.3, 0.4) is 0 Å². The fourth-order valence-corrected chi connectivity index (χ4v) is 2.38. The van der Waals surface area contributed by atoms with E-state index in [1.54, 1.807) is 12.2 Å². The lowest BCUT2D eigenvalue weighted by atomic mass is 10.2. The van der Waals surface area contributed by atoms with Gasteiger partial charge < -0.3 is 4.43 Å². The van der Waals surface area contributed by atoms with Crippen LogP contribution in [0.4, 0.5) is 10.1 Å². The van der Waals surface area contributed by atoms with E-state index in [0.717, 1.165) is 6.07 Å². The molecule has 0 aliphatic carbocycles.